The second-order valence-electron chi connectivity index (χ2n) is 6.14. The molecule has 0 aliphatic heterocycles. The molecule has 0 fully saturated rings. The molecule has 0 amide bonds. The van der Waals surface area contributed by atoms with Crippen molar-refractivity contribution in [3.05, 3.63) is 73.1 Å². The second-order valence-corrected chi connectivity index (χ2v) is 10.9. The van der Waals surface area contributed by atoms with Crippen molar-refractivity contribution in [1.82, 2.24) is 14.5 Å². The molecule has 3 nitrogen and oxygen atoms in total. The summed E-state index contributed by atoms with van der Waals surface area (Å²) in [4.78, 5) is 8.64. The first-order valence-corrected chi connectivity index (χ1v) is 11.6. The predicted molar refractivity (Wildman–Crippen MR) is 131 cm³/mol. The highest BCUT2D eigenvalue weighted by Crippen LogP contribution is 2.45. The Morgan fingerprint density at radius 1 is 0.867 bits per heavy atom. The molecule has 0 aliphatic carbocycles. The normalized spacial score (nSPS) is 12.0. The van der Waals surface area contributed by atoms with Crippen LogP contribution >= 0.6 is 97.1 Å². The van der Waals surface area contributed by atoms with Crippen molar-refractivity contribution in [2.75, 3.05) is 0 Å². The van der Waals surface area contributed by atoms with E-state index in [0.29, 0.717) is 37.5 Å². The first-order chi connectivity index (χ1) is 14.1. The van der Waals surface area contributed by atoms with Gasteiger partial charge in [-0.15, -0.1) is 0 Å². The molecule has 4 rings (SSSR count). The van der Waals surface area contributed by atoms with Crippen LogP contribution in [0.1, 0.15) is 5.82 Å². The minimum atomic E-state index is -1.89. The summed E-state index contributed by atoms with van der Waals surface area (Å²) >= 11 is 47.4. The molecule has 2 aromatic carbocycles. The minimum absolute atomic E-state index is 0.0879. The number of aromatic nitrogens is 3. The summed E-state index contributed by atoms with van der Waals surface area (Å²) in [6, 6.07) is 12.5. The van der Waals surface area contributed by atoms with Crippen LogP contribution in [0.25, 0.3) is 27.8 Å². The molecular weight excluding hydrogens is 598 g/mol. The fraction of sp³-hybridized carbons (Fsp3) is 0.0526. The molecule has 0 radical (unpaired) electrons. The van der Waals surface area contributed by atoms with Crippen LogP contribution in [-0.4, -0.2) is 14.5 Å². The molecule has 30 heavy (non-hydrogen) atoms. The van der Waals surface area contributed by atoms with E-state index in [4.69, 9.17) is 81.2 Å². The van der Waals surface area contributed by atoms with Gasteiger partial charge in [-0.05, 0) is 35.9 Å². The van der Waals surface area contributed by atoms with Crippen LogP contribution < -0.4 is 0 Å². The molecule has 0 saturated carbocycles. The van der Waals surface area contributed by atoms with E-state index >= 15 is 0 Å². The third kappa shape index (κ3) is 4.14. The first-order valence-electron chi connectivity index (χ1n) is 8.14. The summed E-state index contributed by atoms with van der Waals surface area (Å²) in [7, 11) is 0. The lowest BCUT2D eigenvalue weighted by molar-refractivity contribution is 0.970. The molecule has 0 bridgehead atoms. The van der Waals surface area contributed by atoms with Gasteiger partial charge >= 0.3 is 0 Å². The maximum absolute atomic E-state index is 6.85. The number of fused-ring (bicyclic) bond motifs is 1. The van der Waals surface area contributed by atoms with E-state index in [-0.39, 0.29) is 11.0 Å². The van der Waals surface area contributed by atoms with Crippen molar-refractivity contribution >= 4 is 108 Å². The molecule has 0 N–H and O–H groups in total. The van der Waals surface area contributed by atoms with Crippen LogP contribution in [0.15, 0.2) is 46.9 Å². The molecule has 4 aromatic rings. The SMILES string of the molecule is Clc1ccc(-n2c(Cl)c(-c3ccc(Br)cc3)c3c(Cl)nc(C(Cl)(Cl)Cl)nc32)c(Cl)c1. The number of alkyl halides is 3. The third-order valence-electron chi connectivity index (χ3n) is 4.25. The van der Waals surface area contributed by atoms with Crippen molar-refractivity contribution in [2.45, 2.75) is 3.79 Å². The number of hydrogen-bond acceptors (Lipinski definition) is 2. The smallest absolute Gasteiger partial charge is 0.250 e. The van der Waals surface area contributed by atoms with Crippen LogP contribution in [0.5, 0.6) is 0 Å². The lowest BCUT2D eigenvalue weighted by atomic mass is 10.1. The highest BCUT2D eigenvalue weighted by atomic mass is 79.9. The maximum atomic E-state index is 6.85. The van der Waals surface area contributed by atoms with Gasteiger partial charge in [0.25, 0.3) is 0 Å². The van der Waals surface area contributed by atoms with Crippen molar-refractivity contribution < 1.29 is 0 Å². The largest absolute Gasteiger partial charge is 0.282 e. The Kier molecular flexibility index (Phi) is 6.44. The van der Waals surface area contributed by atoms with E-state index in [1.807, 2.05) is 24.3 Å². The van der Waals surface area contributed by atoms with Crippen molar-refractivity contribution in [1.29, 1.82) is 0 Å². The summed E-state index contributed by atoms with van der Waals surface area (Å²) in [5, 5.41) is 1.72. The van der Waals surface area contributed by atoms with Gasteiger partial charge < -0.3 is 0 Å². The summed E-state index contributed by atoms with van der Waals surface area (Å²) in [5.41, 5.74) is 2.28. The van der Waals surface area contributed by atoms with Gasteiger partial charge in [-0.3, -0.25) is 4.57 Å². The van der Waals surface area contributed by atoms with Gasteiger partial charge in [-0.1, -0.05) is 109 Å². The zero-order valence-electron chi connectivity index (χ0n) is 14.4. The van der Waals surface area contributed by atoms with Crippen molar-refractivity contribution in [3.8, 4) is 16.8 Å². The summed E-state index contributed by atoms with van der Waals surface area (Å²) in [5.74, 6) is -0.0899. The second kappa shape index (κ2) is 8.49. The highest BCUT2D eigenvalue weighted by Gasteiger charge is 2.31. The maximum Gasteiger partial charge on any atom is 0.250 e. The number of hydrogen-bond donors (Lipinski definition) is 0. The topological polar surface area (TPSA) is 30.7 Å². The Morgan fingerprint density at radius 2 is 1.53 bits per heavy atom. The van der Waals surface area contributed by atoms with E-state index < -0.39 is 3.79 Å². The van der Waals surface area contributed by atoms with E-state index in [9.17, 15) is 0 Å². The number of rotatable bonds is 2. The molecule has 2 aromatic heterocycles. The van der Waals surface area contributed by atoms with Crippen LogP contribution in [0.3, 0.4) is 0 Å². The van der Waals surface area contributed by atoms with Gasteiger partial charge in [0.1, 0.15) is 10.3 Å². The average Bonchev–Trinajstić information content (AvgIpc) is 2.95. The van der Waals surface area contributed by atoms with Crippen LogP contribution in [-0.2, 0) is 3.79 Å². The number of nitrogens with zero attached hydrogens (tertiary/aromatic N) is 3. The minimum Gasteiger partial charge on any atom is -0.282 e. The van der Waals surface area contributed by atoms with Crippen molar-refractivity contribution in [2.24, 2.45) is 0 Å². The molecular formula is C19H7BrCl7N3. The predicted octanol–water partition coefficient (Wildman–Crippen LogP) is 9.29. The Morgan fingerprint density at radius 3 is 2.13 bits per heavy atom. The lowest BCUT2D eigenvalue weighted by Crippen LogP contribution is -2.09. The fourth-order valence-corrected chi connectivity index (χ4v) is 4.64. The van der Waals surface area contributed by atoms with Gasteiger partial charge in [-0.2, -0.15) is 0 Å². The molecule has 0 atom stereocenters. The van der Waals surface area contributed by atoms with E-state index in [0.717, 1.165) is 10.0 Å². The zero-order valence-corrected chi connectivity index (χ0v) is 21.3. The Hall–Kier alpha value is -0.430. The average molecular weight is 605 g/mol. The fourth-order valence-electron chi connectivity index (χ4n) is 3.00. The number of halogens is 8. The van der Waals surface area contributed by atoms with E-state index in [2.05, 4.69) is 25.9 Å². The molecule has 0 aliphatic rings. The summed E-state index contributed by atoms with van der Waals surface area (Å²) in [6.45, 7) is 0. The first kappa shape index (κ1) is 22.8. The van der Waals surface area contributed by atoms with Crippen LogP contribution in [0, 0.1) is 0 Å². The zero-order chi connectivity index (χ0) is 21.8. The third-order valence-corrected chi connectivity index (χ3v) is 6.45. The van der Waals surface area contributed by atoms with E-state index in [1.54, 1.807) is 22.8 Å². The van der Waals surface area contributed by atoms with Gasteiger partial charge in [-0.25, -0.2) is 9.97 Å². The van der Waals surface area contributed by atoms with Gasteiger partial charge in [0, 0.05) is 15.1 Å². The molecule has 0 saturated heterocycles. The molecule has 154 valence electrons. The van der Waals surface area contributed by atoms with Crippen molar-refractivity contribution in [3.63, 3.8) is 0 Å². The molecule has 0 unspecified atom stereocenters. The van der Waals surface area contributed by atoms with Gasteiger partial charge in [0.15, 0.2) is 11.5 Å². The molecule has 2 heterocycles. The standard InChI is InChI=1S/C19H7BrCl7N3/c20-9-3-1-8(2-4-9)13-14-15(23)28-18(19(25,26)27)29-17(14)30(16(13)24)12-6-5-10(21)7-11(12)22/h1-7H. The molecule has 11 heteroatoms. The lowest BCUT2D eigenvalue weighted by Gasteiger charge is -2.12. The Labute approximate surface area is 214 Å². The summed E-state index contributed by atoms with van der Waals surface area (Å²) in [6.07, 6.45) is 0. The Bertz CT molecular complexity index is 1280. The monoisotopic (exact) mass is 601 g/mol. The van der Waals surface area contributed by atoms with Crippen LogP contribution in [0.2, 0.25) is 20.4 Å². The van der Waals surface area contributed by atoms with Crippen LogP contribution in [0.4, 0.5) is 0 Å². The van der Waals surface area contributed by atoms with Gasteiger partial charge in [0.2, 0.25) is 3.79 Å². The molecule has 0 spiro atoms. The van der Waals surface area contributed by atoms with Gasteiger partial charge in [0.05, 0.1) is 16.1 Å². The quantitative estimate of drug-likeness (QED) is 0.169. The Balaban J connectivity index is 2.15. The number of benzene rings is 2. The van der Waals surface area contributed by atoms with E-state index in [1.165, 1.54) is 0 Å². The summed E-state index contributed by atoms with van der Waals surface area (Å²) < 4.78 is 0.647. The highest BCUT2D eigenvalue weighted by molar-refractivity contribution is 9.10.